The molecule has 1 fully saturated rings. The zero-order valence-corrected chi connectivity index (χ0v) is 16.4. The van der Waals surface area contributed by atoms with Gasteiger partial charge in [-0.2, -0.15) is 4.98 Å². The van der Waals surface area contributed by atoms with Crippen LogP contribution in [0.2, 0.25) is 0 Å². The van der Waals surface area contributed by atoms with Gasteiger partial charge in [0.15, 0.2) is 11.0 Å². The van der Waals surface area contributed by atoms with Crippen LogP contribution in [0.5, 0.6) is 0 Å². The Morgan fingerprint density at radius 3 is 2.93 bits per heavy atom. The smallest absolute Gasteiger partial charge is 0.258 e. The quantitative estimate of drug-likeness (QED) is 0.716. The Morgan fingerprint density at radius 2 is 2.25 bits per heavy atom. The van der Waals surface area contributed by atoms with Gasteiger partial charge in [0, 0.05) is 29.7 Å². The molecular formula is C19H20FN5O2S. The molecule has 146 valence electrons. The van der Waals surface area contributed by atoms with Gasteiger partial charge in [-0.05, 0) is 44.9 Å². The highest BCUT2D eigenvalue weighted by Gasteiger charge is 2.28. The number of aryl methyl sites for hydroxylation is 2. The van der Waals surface area contributed by atoms with Crippen LogP contribution in [-0.4, -0.2) is 34.1 Å². The van der Waals surface area contributed by atoms with Gasteiger partial charge < -0.3 is 14.7 Å². The molecule has 0 aliphatic carbocycles. The maximum absolute atomic E-state index is 14.8. The Kier molecular flexibility index (Phi) is 5.08. The highest BCUT2D eigenvalue weighted by molar-refractivity contribution is 7.15. The van der Waals surface area contributed by atoms with Gasteiger partial charge >= 0.3 is 0 Å². The monoisotopic (exact) mass is 401 g/mol. The van der Waals surface area contributed by atoms with Gasteiger partial charge in [-0.25, -0.2) is 9.37 Å². The molecule has 4 rings (SSSR count). The van der Waals surface area contributed by atoms with Gasteiger partial charge in [0.25, 0.3) is 5.89 Å². The van der Waals surface area contributed by atoms with Crippen LogP contribution in [-0.2, 0) is 4.79 Å². The molecule has 1 amide bonds. The van der Waals surface area contributed by atoms with Crippen molar-refractivity contribution < 1.29 is 13.7 Å². The second kappa shape index (κ2) is 7.67. The minimum absolute atomic E-state index is 0.0718. The van der Waals surface area contributed by atoms with Crippen LogP contribution >= 0.6 is 11.3 Å². The van der Waals surface area contributed by atoms with Crippen molar-refractivity contribution in [2.45, 2.75) is 26.7 Å². The van der Waals surface area contributed by atoms with E-state index >= 15 is 0 Å². The van der Waals surface area contributed by atoms with Crippen LogP contribution in [0.3, 0.4) is 0 Å². The number of thiazole rings is 1. The highest BCUT2D eigenvalue weighted by Crippen LogP contribution is 2.30. The number of hydrogen-bond acceptors (Lipinski definition) is 7. The summed E-state index contributed by atoms with van der Waals surface area (Å²) in [6, 6.07) is 4.85. The minimum Gasteiger partial charge on any atom is -0.368 e. The summed E-state index contributed by atoms with van der Waals surface area (Å²) in [5.74, 6) is 0.135. The van der Waals surface area contributed by atoms with Crippen LogP contribution in [0.1, 0.15) is 23.5 Å². The molecule has 1 N–H and O–H groups in total. The van der Waals surface area contributed by atoms with E-state index < -0.39 is 0 Å². The molecule has 28 heavy (non-hydrogen) atoms. The average molecular weight is 401 g/mol. The standard InChI is InChI=1S/C19H20FN5O2S/c1-11-9-21-19(28-11)23-17(26)14-4-3-7-25(10-14)16-6-5-13(8-15(16)20)18-22-12(2)24-27-18/h5-6,8-9,14H,3-4,7,10H2,1-2H3,(H,21,23,26). The van der Waals surface area contributed by atoms with E-state index in [9.17, 15) is 9.18 Å². The number of nitrogens with zero attached hydrogens (tertiary/aromatic N) is 4. The number of aromatic nitrogens is 3. The Balaban J connectivity index is 1.47. The van der Waals surface area contributed by atoms with Crippen molar-refractivity contribution >= 4 is 28.1 Å². The molecule has 1 atom stereocenters. The number of hydrogen-bond donors (Lipinski definition) is 1. The molecule has 1 aliphatic rings. The molecule has 0 saturated carbocycles. The van der Waals surface area contributed by atoms with E-state index in [2.05, 4.69) is 20.4 Å². The molecule has 1 unspecified atom stereocenters. The van der Waals surface area contributed by atoms with Crippen molar-refractivity contribution in [2.75, 3.05) is 23.3 Å². The predicted molar refractivity (Wildman–Crippen MR) is 105 cm³/mol. The molecule has 0 bridgehead atoms. The van der Waals surface area contributed by atoms with Crippen molar-refractivity contribution in [1.29, 1.82) is 0 Å². The zero-order chi connectivity index (χ0) is 19.7. The molecule has 0 radical (unpaired) electrons. The highest BCUT2D eigenvalue weighted by atomic mass is 32.1. The first-order chi connectivity index (χ1) is 13.5. The molecular weight excluding hydrogens is 381 g/mol. The van der Waals surface area contributed by atoms with Crippen molar-refractivity contribution in [3.05, 3.63) is 40.9 Å². The van der Waals surface area contributed by atoms with Crippen LogP contribution in [0.4, 0.5) is 15.2 Å². The first kappa shape index (κ1) is 18.5. The zero-order valence-electron chi connectivity index (χ0n) is 15.6. The maximum Gasteiger partial charge on any atom is 0.258 e. The van der Waals surface area contributed by atoms with Gasteiger partial charge in [0.05, 0.1) is 11.6 Å². The van der Waals surface area contributed by atoms with E-state index in [0.29, 0.717) is 35.3 Å². The fourth-order valence-electron chi connectivity index (χ4n) is 3.34. The normalized spacial score (nSPS) is 17.0. The van der Waals surface area contributed by atoms with E-state index in [0.717, 1.165) is 17.7 Å². The summed E-state index contributed by atoms with van der Waals surface area (Å²) in [5.41, 5.74) is 1.01. The first-order valence-electron chi connectivity index (χ1n) is 9.08. The van der Waals surface area contributed by atoms with Crippen LogP contribution in [0, 0.1) is 25.6 Å². The van der Waals surface area contributed by atoms with Gasteiger partial charge in [-0.3, -0.25) is 4.79 Å². The number of rotatable bonds is 4. The van der Waals surface area contributed by atoms with E-state index in [-0.39, 0.29) is 23.5 Å². The molecule has 9 heteroatoms. The summed E-state index contributed by atoms with van der Waals surface area (Å²) >= 11 is 1.44. The second-order valence-corrected chi connectivity index (χ2v) is 8.10. The molecule has 0 spiro atoms. The van der Waals surface area contributed by atoms with Gasteiger partial charge in [-0.1, -0.05) is 5.16 Å². The molecule has 1 aromatic carbocycles. The third kappa shape index (κ3) is 3.89. The summed E-state index contributed by atoms with van der Waals surface area (Å²) in [7, 11) is 0. The molecule has 1 aliphatic heterocycles. The van der Waals surface area contributed by atoms with Gasteiger partial charge in [0.2, 0.25) is 5.91 Å². The van der Waals surface area contributed by atoms with E-state index in [1.54, 1.807) is 25.3 Å². The van der Waals surface area contributed by atoms with Crippen molar-refractivity contribution in [1.82, 2.24) is 15.1 Å². The average Bonchev–Trinajstić information content (AvgIpc) is 3.30. The van der Waals surface area contributed by atoms with Gasteiger partial charge in [-0.15, -0.1) is 11.3 Å². The SMILES string of the molecule is Cc1noc(-c2ccc(N3CCCC(C(=O)Nc4ncc(C)s4)C3)c(F)c2)n1. The fourth-order valence-corrected chi connectivity index (χ4v) is 4.01. The third-order valence-electron chi connectivity index (χ3n) is 4.71. The number of piperidine rings is 1. The number of carbonyl (C=O) groups excluding carboxylic acids is 1. The molecule has 3 aromatic rings. The van der Waals surface area contributed by atoms with Crippen molar-refractivity contribution in [3.63, 3.8) is 0 Å². The minimum atomic E-state index is -0.370. The lowest BCUT2D eigenvalue weighted by Crippen LogP contribution is -2.41. The van der Waals surface area contributed by atoms with Crippen molar-refractivity contribution in [2.24, 2.45) is 5.92 Å². The lowest BCUT2D eigenvalue weighted by molar-refractivity contribution is -0.120. The van der Waals surface area contributed by atoms with Crippen molar-refractivity contribution in [3.8, 4) is 11.5 Å². The number of benzene rings is 1. The Hall–Kier alpha value is -2.81. The van der Waals surface area contributed by atoms with E-state index in [1.807, 2.05) is 11.8 Å². The predicted octanol–water partition coefficient (Wildman–Crippen LogP) is 3.80. The van der Waals surface area contributed by atoms with Crippen LogP contribution in [0.15, 0.2) is 28.9 Å². The summed E-state index contributed by atoms with van der Waals surface area (Å²) < 4.78 is 19.9. The maximum atomic E-state index is 14.8. The number of anilines is 2. The largest absolute Gasteiger partial charge is 0.368 e. The van der Waals surface area contributed by atoms with E-state index in [1.165, 1.54) is 17.4 Å². The Morgan fingerprint density at radius 1 is 1.39 bits per heavy atom. The van der Waals surface area contributed by atoms with Crippen LogP contribution in [0.25, 0.3) is 11.5 Å². The number of carbonyl (C=O) groups is 1. The topological polar surface area (TPSA) is 84.2 Å². The molecule has 2 aromatic heterocycles. The number of amides is 1. The summed E-state index contributed by atoms with van der Waals surface area (Å²) in [5, 5.41) is 7.21. The molecule has 7 nitrogen and oxygen atoms in total. The third-order valence-corrected chi connectivity index (χ3v) is 5.53. The van der Waals surface area contributed by atoms with E-state index in [4.69, 9.17) is 4.52 Å². The number of nitrogens with one attached hydrogen (secondary N) is 1. The lowest BCUT2D eigenvalue weighted by Gasteiger charge is -2.33. The Bertz CT molecular complexity index is 1000. The van der Waals surface area contributed by atoms with Crippen LogP contribution < -0.4 is 10.2 Å². The van der Waals surface area contributed by atoms with Gasteiger partial charge in [0.1, 0.15) is 5.82 Å². The number of halogens is 1. The molecule has 3 heterocycles. The first-order valence-corrected chi connectivity index (χ1v) is 9.90. The summed E-state index contributed by atoms with van der Waals surface area (Å²) in [4.78, 5) is 23.8. The fraction of sp³-hybridized carbons (Fsp3) is 0.368. The second-order valence-electron chi connectivity index (χ2n) is 6.86. The Labute approximate surface area is 165 Å². The summed E-state index contributed by atoms with van der Waals surface area (Å²) in [6.07, 6.45) is 3.32. The summed E-state index contributed by atoms with van der Waals surface area (Å²) in [6.45, 7) is 4.82. The lowest BCUT2D eigenvalue weighted by atomic mass is 9.96. The molecule has 1 saturated heterocycles.